The van der Waals surface area contributed by atoms with Crippen LogP contribution in [0.3, 0.4) is 0 Å². The Labute approximate surface area is 248 Å². The Hall–Kier alpha value is -2.20. The van der Waals surface area contributed by atoms with Gasteiger partial charge in [-0.1, -0.05) is 23.7 Å². The Bertz CT molecular complexity index is 1510. The van der Waals surface area contributed by atoms with Gasteiger partial charge in [-0.25, -0.2) is 8.78 Å². The summed E-state index contributed by atoms with van der Waals surface area (Å²) in [5.74, 6) is 1.29. The van der Waals surface area contributed by atoms with Gasteiger partial charge in [-0.15, -0.1) is 11.8 Å². The monoisotopic (exact) mass is 597 g/mol. The highest BCUT2D eigenvalue weighted by Crippen LogP contribution is 2.44. The largest absolute Gasteiger partial charge is 0.461 e. The number of hydrogen-bond acceptors (Lipinski definition) is 7. The summed E-state index contributed by atoms with van der Waals surface area (Å²) in [5, 5.41) is 4.64. The van der Waals surface area contributed by atoms with Crippen molar-refractivity contribution in [2.45, 2.75) is 73.6 Å². The molecule has 41 heavy (non-hydrogen) atoms. The number of fused-ring (bicyclic) bond motifs is 5. The molecule has 8 rings (SSSR count). The molecule has 216 valence electrons. The molecule has 0 saturated carbocycles. The lowest BCUT2D eigenvalue weighted by Crippen LogP contribution is -2.51. The van der Waals surface area contributed by atoms with Crippen molar-refractivity contribution in [1.82, 2.24) is 20.2 Å². The molecule has 0 spiro atoms. The molecule has 0 radical (unpaired) electrons. The van der Waals surface area contributed by atoms with Crippen molar-refractivity contribution in [2.24, 2.45) is 0 Å². The van der Waals surface area contributed by atoms with E-state index in [1.807, 2.05) is 30.0 Å². The summed E-state index contributed by atoms with van der Waals surface area (Å²) in [7, 11) is 0. The molecule has 2 unspecified atom stereocenters. The molecule has 6 heterocycles. The van der Waals surface area contributed by atoms with Crippen LogP contribution in [0.1, 0.15) is 44.1 Å². The van der Waals surface area contributed by atoms with Gasteiger partial charge in [0.05, 0.1) is 10.6 Å². The summed E-state index contributed by atoms with van der Waals surface area (Å²) < 4.78 is 37.5. The third-order valence-electron chi connectivity index (χ3n) is 9.82. The van der Waals surface area contributed by atoms with Crippen molar-refractivity contribution >= 4 is 40.1 Å². The normalized spacial score (nSPS) is 29.2. The topological polar surface area (TPSA) is 53.5 Å². The standard InChI is InChI=1S/C31H34ClF2N5OS/c32-24-12-23-28(27(34)26(24)22-4-1-6-25-21(22)5-2-11-41-25)36-30(37-29(23)38-15-19-7-8-20(16-38)35-19)40-17-31-9-3-10-39(31)14-18(33)13-31/h1,4,6,12,18-20,35H,2-3,5,7-11,13-17H2/t18-,19?,20?,31+/m1/s1. The van der Waals surface area contributed by atoms with Crippen molar-refractivity contribution in [2.75, 3.05) is 43.4 Å². The molecule has 3 aromatic rings. The van der Waals surface area contributed by atoms with Gasteiger partial charge >= 0.3 is 6.01 Å². The van der Waals surface area contributed by atoms with Gasteiger partial charge in [0.1, 0.15) is 24.1 Å². The van der Waals surface area contributed by atoms with Gasteiger partial charge in [0.25, 0.3) is 0 Å². The maximum Gasteiger partial charge on any atom is 0.319 e. The Morgan fingerprint density at radius 1 is 1.15 bits per heavy atom. The van der Waals surface area contributed by atoms with Crippen molar-refractivity contribution < 1.29 is 13.5 Å². The average molecular weight is 598 g/mol. The number of anilines is 1. The van der Waals surface area contributed by atoms with Crippen LogP contribution in [0.2, 0.25) is 5.02 Å². The highest BCUT2D eigenvalue weighted by Gasteiger charge is 2.49. The number of hydrogen-bond donors (Lipinski definition) is 1. The molecule has 2 aromatic carbocycles. The number of aromatic nitrogens is 2. The van der Waals surface area contributed by atoms with Gasteiger partial charge in [-0.3, -0.25) is 4.90 Å². The average Bonchev–Trinajstić information content (AvgIpc) is 3.62. The first kappa shape index (κ1) is 26.4. The fourth-order valence-electron chi connectivity index (χ4n) is 7.95. The summed E-state index contributed by atoms with van der Waals surface area (Å²) in [6, 6.07) is 8.81. The molecular weight excluding hydrogens is 564 g/mol. The van der Waals surface area contributed by atoms with Crippen LogP contribution in [0.15, 0.2) is 29.2 Å². The van der Waals surface area contributed by atoms with Crippen molar-refractivity contribution in [1.29, 1.82) is 0 Å². The van der Waals surface area contributed by atoms with Crippen LogP contribution >= 0.6 is 23.4 Å². The number of thioether (sulfide) groups is 1. The second-order valence-corrected chi connectivity index (χ2v) is 14.0. The highest BCUT2D eigenvalue weighted by molar-refractivity contribution is 7.99. The second kappa shape index (κ2) is 10.2. The van der Waals surface area contributed by atoms with E-state index in [-0.39, 0.29) is 17.1 Å². The van der Waals surface area contributed by atoms with Gasteiger partial charge < -0.3 is 15.0 Å². The number of rotatable bonds is 5. The number of halogens is 3. The van der Waals surface area contributed by atoms with E-state index in [1.165, 1.54) is 4.90 Å². The summed E-state index contributed by atoms with van der Waals surface area (Å²) in [5.41, 5.74) is 2.27. The minimum Gasteiger partial charge on any atom is -0.461 e. The number of benzene rings is 2. The molecule has 1 N–H and O–H groups in total. The van der Waals surface area contributed by atoms with Crippen LogP contribution in [-0.2, 0) is 6.42 Å². The molecule has 1 aromatic heterocycles. The fraction of sp³-hybridized carbons (Fsp3) is 0.548. The van der Waals surface area contributed by atoms with Gasteiger partial charge in [0.15, 0.2) is 5.82 Å². The lowest BCUT2D eigenvalue weighted by molar-refractivity contribution is 0.107. The van der Waals surface area contributed by atoms with Crippen LogP contribution in [0.4, 0.5) is 14.6 Å². The maximum atomic E-state index is 16.8. The van der Waals surface area contributed by atoms with E-state index in [0.717, 1.165) is 75.0 Å². The predicted molar refractivity (Wildman–Crippen MR) is 160 cm³/mol. The number of nitrogens with zero attached hydrogens (tertiary/aromatic N) is 4. The molecule has 0 aliphatic carbocycles. The van der Waals surface area contributed by atoms with Gasteiger partial charge in [0, 0.05) is 54.0 Å². The fourth-order valence-corrected chi connectivity index (χ4v) is 9.32. The molecule has 5 aliphatic heterocycles. The van der Waals surface area contributed by atoms with Crippen molar-refractivity contribution in [3.8, 4) is 17.1 Å². The molecule has 5 aliphatic rings. The van der Waals surface area contributed by atoms with Crippen molar-refractivity contribution in [3.05, 3.63) is 40.7 Å². The van der Waals surface area contributed by atoms with Crippen molar-refractivity contribution in [3.63, 3.8) is 0 Å². The quantitative estimate of drug-likeness (QED) is 0.386. The molecule has 4 atom stereocenters. The summed E-state index contributed by atoms with van der Waals surface area (Å²) in [6.45, 7) is 3.21. The van der Waals surface area contributed by atoms with Crippen LogP contribution in [0, 0.1) is 5.82 Å². The lowest BCUT2D eigenvalue weighted by atomic mass is 9.94. The van der Waals surface area contributed by atoms with Crippen LogP contribution in [0.5, 0.6) is 6.01 Å². The van der Waals surface area contributed by atoms with E-state index < -0.39 is 12.0 Å². The zero-order chi connectivity index (χ0) is 27.7. The molecular formula is C31H34ClF2N5OS. The zero-order valence-electron chi connectivity index (χ0n) is 23.0. The third-order valence-corrected chi connectivity index (χ3v) is 11.3. The number of nitrogens with one attached hydrogen (secondary N) is 1. The molecule has 2 bridgehead atoms. The molecule has 10 heteroatoms. The minimum atomic E-state index is -0.847. The van der Waals surface area contributed by atoms with Gasteiger partial charge in [-0.2, -0.15) is 9.97 Å². The minimum absolute atomic E-state index is 0.153. The zero-order valence-corrected chi connectivity index (χ0v) is 24.5. The van der Waals surface area contributed by atoms with E-state index in [1.54, 1.807) is 0 Å². The van der Waals surface area contributed by atoms with Gasteiger partial charge in [-0.05, 0) is 74.1 Å². The second-order valence-electron chi connectivity index (χ2n) is 12.4. The summed E-state index contributed by atoms with van der Waals surface area (Å²) in [4.78, 5) is 15.2. The Morgan fingerprint density at radius 3 is 2.85 bits per heavy atom. The first-order chi connectivity index (χ1) is 20.0. The SMILES string of the molecule is Fc1c(-c2cccc3c2CCCS3)c(Cl)cc2c(N3CC4CCC(C3)N4)nc(OC[C@@]34CCCN3C[C@H](F)C4)nc12. The Kier molecular flexibility index (Phi) is 6.58. The number of piperazine rings is 1. The molecule has 0 amide bonds. The number of alkyl halides is 1. The number of ether oxygens (including phenoxy) is 1. The first-order valence-electron chi connectivity index (χ1n) is 15.0. The van der Waals surface area contributed by atoms with E-state index in [9.17, 15) is 4.39 Å². The van der Waals surface area contributed by atoms with Crippen LogP contribution in [-0.4, -0.2) is 77.2 Å². The lowest BCUT2D eigenvalue weighted by Gasteiger charge is -2.35. The molecule has 4 fully saturated rings. The highest BCUT2D eigenvalue weighted by atomic mass is 35.5. The summed E-state index contributed by atoms with van der Waals surface area (Å²) in [6.07, 6.45) is 5.71. The summed E-state index contributed by atoms with van der Waals surface area (Å²) >= 11 is 8.74. The molecule has 4 saturated heterocycles. The van der Waals surface area contributed by atoms with E-state index >= 15 is 4.39 Å². The third kappa shape index (κ3) is 4.50. The van der Waals surface area contributed by atoms with Crippen LogP contribution in [0.25, 0.3) is 22.0 Å². The Morgan fingerprint density at radius 2 is 2.00 bits per heavy atom. The van der Waals surface area contributed by atoms with E-state index in [4.69, 9.17) is 21.3 Å². The van der Waals surface area contributed by atoms with E-state index in [2.05, 4.69) is 26.2 Å². The van der Waals surface area contributed by atoms with E-state index in [0.29, 0.717) is 53.4 Å². The predicted octanol–water partition coefficient (Wildman–Crippen LogP) is 6.02. The molecule has 6 nitrogen and oxygen atoms in total. The van der Waals surface area contributed by atoms with Gasteiger partial charge in [0.2, 0.25) is 0 Å². The Balaban J connectivity index is 1.24. The first-order valence-corrected chi connectivity index (χ1v) is 16.3. The van der Waals surface area contributed by atoms with Crippen LogP contribution < -0.4 is 15.0 Å². The maximum absolute atomic E-state index is 16.8. The smallest absolute Gasteiger partial charge is 0.319 e.